The number of sulfonamides is 1. The molecule has 10 nitrogen and oxygen atoms in total. The zero-order valence-corrected chi connectivity index (χ0v) is 22.3. The largest absolute Gasteiger partial charge is 0.455 e. The zero-order chi connectivity index (χ0) is 28.2. The van der Waals surface area contributed by atoms with Crippen LogP contribution in [-0.2, 0) is 14.8 Å². The van der Waals surface area contributed by atoms with Gasteiger partial charge in [-0.1, -0.05) is 29.8 Å². The van der Waals surface area contributed by atoms with Crippen molar-refractivity contribution in [2.45, 2.75) is 25.7 Å². The number of nitrogens with zero attached hydrogens (tertiary/aromatic N) is 3. The van der Waals surface area contributed by atoms with E-state index in [0.29, 0.717) is 28.3 Å². The van der Waals surface area contributed by atoms with Gasteiger partial charge in [0.25, 0.3) is 21.6 Å². The van der Waals surface area contributed by atoms with Crippen LogP contribution >= 0.6 is 0 Å². The summed E-state index contributed by atoms with van der Waals surface area (Å²) in [6.07, 6.45) is 1.28. The summed E-state index contributed by atoms with van der Waals surface area (Å²) in [4.78, 5) is 23.3. The van der Waals surface area contributed by atoms with Crippen molar-refractivity contribution >= 4 is 33.5 Å². The predicted molar refractivity (Wildman–Crippen MR) is 148 cm³/mol. The van der Waals surface area contributed by atoms with Gasteiger partial charge in [0, 0.05) is 17.7 Å². The van der Waals surface area contributed by atoms with Gasteiger partial charge in [-0.05, 0) is 74.4 Å². The van der Waals surface area contributed by atoms with E-state index in [4.69, 9.17) is 4.42 Å². The van der Waals surface area contributed by atoms with Crippen molar-refractivity contribution < 1.29 is 22.6 Å². The first-order valence-electron chi connectivity index (χ1n) is 11.9. The van der Waals surface area contributed by atoms with Crippen molar-refractivity contribution in [1.29, 1.82) is 0 Å². The van der Waals surface area contributed by atoms with Crippen molar-refractivity contribution in [3.8, 4) is 11.3 Å². The molecule has 0 aliphatic heterocycles. The maximum atomic E-state index is 13.6. The molecule has 1 amide bonds. The van der Waals surface area contributed by atoms with Crippen LogP contribution in [-0.4, -0.2) is 32.0 Å². The van der Waals surface area contributed by atoms with Crippen LogP contribution < -0.4 is 9.73 Å². The molecule has 4 aromatic rings. The lowest BCUT2D eigenvalue weighted by Gasteiger charge is -2.25. The van der Waals surface area contributed by atoms with Gasteiger partial charge in [0.05, 0.1) is 21.7 Å². The molecule has 39 heavy (non-hydrogen) atoms. The number of carbonyl (C=O) groups is 1. The van der Waals surface area contributed by atoms with E-state index in [1.807, 2.05) is 19.9 Å². The highest BCUT2D eigenvalue weighted by atomic mass is 32.2. The monoisotopic (exact) mass is 546 g/mol. The average molecular weight is 547 g/mol. The lowest BCUT2D eigenvalue weighted by molar-refractivity contribution is -0.384. The molecule has 0 spiro atoms. The molecule has 0 radical (unpaired) electrons. The topological polar surface area (TPSA) is 135 Å². The van der Waals surface area contributed by atoms with Crippen molar-refractivity contribution in [2.75, 3.05) is 10.8 Å². The standard InChI is InChI=1S/C28H26N4O6S/c1-19-5-13-25(14-6-19)39(36,37)31(26-16-20(2)4-7-21(26)3)18-28(33)30-29-17-24-12-15-27(38-24)22-8-10-23(11-9-22)32(34)35/h4-17H,18H2,1-3H3,(H,30,33)/b29-17-. The molecule has 1 aromatic heterocycles. The van der Waals surface area contributed by atoms with Crippen molar-refractivity contribution in [3.63, 3.8) is 0 Å². The molecule has 0 aliphatic carbocycles. The minimum Gasteiger partial charge on any atom is -0.455 e. The fourth-order valence-corrected chi connectivity index (χ4v) is 5.26. The number of hydrazone groups is 1. The lowest BCUT2D eigenvalue weighted by atomic mass is 10.1. The maximum absolute atomic E-state index is 13.6. The van der Waals surface area contributed by atoms with Crippen LogP contribution in [0.15, 0.2) is 93.3 Å². The van der Waals surface area contributed by atoms with Gasteiger partial charge in [0.1, 0.15) is 18.1 Å². The molecule has 0 saturated heterocycles. The first kappa shape index (κ1) is 27.3. The smallest absolute Gasteiger partial charge is 0.269 e. The SMILES string of the molecule is Cc1ccc(S(=O)(=O)N(CC(=O)N/N=C\c2ccc(-c3ccc([N+](=O)[O-])cc3)o2)c2cc(C)ccc2C)cc1. The summed E-state index contributed by atoms with van der Waals surface area (Å²) < 4.78 is 33.9. The fraction of sp³-hybridized carbons (Fsp3) is 0.143. The first-order chi connectivity index (χ1) is 18.5. The molecule has 0 bridgehead atoms. The Morgan fingerprint density at radius 1 is 0.974 bits per heavy atom. The highest BCUT2D eigenvalue weighted by molar-refractivity contribution is 7.92. The van der Waals surface area contributed by atoms with E-state index in [-0.39, 0.29) is 10.6 Å². The predicted octanol–water partition coefficient (Wildman–Crippen LogP) is 5.13. The molecule has 0 saturated carbocycles. The molecular formula is C28H26N4O6S. The van der Waals surface area contributed by atoms with E-state index in [1.54, 1.807) is 55.5 Å². The summed E-state index contributed by atoms with van der Waals surface area (Å²) in [5.74, 6) is 0.135. The van der Waals surface area contributed by atoms with Gasteiger partial charge in [0.2, 0.25) is 0 Å². The van der Waals surface area contributed by atoms with Gasteiger partial charge in [0.15, 0.2) is 0 Å². The van der Waals surface area contributed by atoms with E-state index in [0.717, 1.165) is 15.4 Å². The van der Waals surface area contributed by atoms with Crippen LogP contribution in [0.3, 0.4) is 0 Å². The Labute approximate surface area is 225 Å². The summed E-state index contributed by atoms with van der Waals surface area (Å²) in [6.45, 7) is 4.99. The third-order valence-electron chi connectivity index (χ3n) is 5.90. The Kier molecular flexibility index (Phi) is 7.91. The summed E-state index contributed by atoms with van der Waals surface area (Å²) >= 11 is 0. The number of rotatable bonds is 9. The lowest BCUT2D eigenvalue weighted by Crippen LogP contribution is -2.40. The fourth-order valence-electron chi connectivity index (χ4n) is 3.78. The molecule has 0 fully saturated rings. The van der Waals surface area contributed by atoms with Crippen molar-refractivity contribution in [1.82, 2.24) is 5.43 Å². The van der Waals surface area contributed by atoms with Crippen LogP contribution in [0.4, 0.5) is 11.4 Å². The van der Waals surface area contributed by atoms with Crippen LogP contribution in [0.1, 0.15) is 22.5 Å². The quantitative estimate of drug-likeness (QED) is 0.176. The second-order valence-corrected chi connectivity index (χ2v) is 10.8. The van der Waals surface area contributed by atoms with Gasteiger partial charge < -0.3 is 4.42 Å². The Morgan fingerprint density at radius 3 is 2.31 bits per heavy atom. The van der Waals surface area contributed by atoms with Crippen molar-refractivity contribution in [2.24, 2.45) is 5.10 Å². The second kappa shape index (κ2) is 11.3. The molecule has 11 heteroatoms. The normalized spacial score (nSPS) is 11.5. The van der Waals surface area contributed by atoms with E-state index >= 15 is 0 Å². The van der Waals surface area contributed by atoms with Gasteiger partial charge in [-0.25, -0.2) is 13.8 Å². The van der Waals surface area contributed by atoms with Gasteiger partial charge in [-0.15, -0.1) is 0 Å². The highest BCUT2D eigenvalue weighted by Crippen LogP contribution is 2.28. The highest BCUT2D eigenvalue weighted by Gasteiger charge is 2.28. The summed E-state index contributed by atoms with van der Waals surface area (Å²) in [6, 6.07) is 21.0. The van der Waals surface area contributed by atoms with Crippen LogP contribution in [0.5, 0.6) is 0 Å². The van der Waals surface area contributed by atoms with Crippen molar-refractivity contribution in [3.05, 3.63) is 111 Å². The molecule has 1 heterocycles. The Balaban J connectivity index is 1.51. The number of anilines is 1. The van der Waals surface area contributed by atoms with Gasteiger partial charge >= 0.3 is 0 Å². The number of nitrogens with one attached hydrogen (secondary N) is 1. The Hall–Kier alpha value is -4.77. The number of aryl methyl sites for hydroxylation is 3. The number of amides is 1. The number of non-ortho nitro benzene ring substituents is 1. The minimum absolute atomic E-state index is 0.0332. The molecule has 3 aromatic carbocycles. The zero-order valence-electron chi connectivity index (χ0n) is 21.5. The summed E-state index contributed by atoms with van der Waals surface area (Å²) in [5, 5.41) is 14.7. The third kappa shape index (κ3) is 6.39. The minimum atomic E-state index is -4.06. The van der Waals surface area contributed by atoms with Gasteiger partial charge in [-0.2, -0.15) is 5.10 Å². The number of carbonyl (C=O) groups excluding carboxylic acids is 1. The van der Waals surface area contributed by atoms with Crippen LogP contribution in [0, 0.1) is 30.9 Å². The van der Waals surface area contributed by atoms with E-state index in [1.165, 1.54) is 30.5 Å². The van der Waals surface area contributed by atoms with E-state index in [9.17, 15) is 23.3 Å². The summed E-state index contributed by atoms with van der Waals surface area (Å²) in [5.41, 5.74) is 5.81. The average Bonchev–Trinajstić information content (AvgIpc) is 3.38. The van der Waals surface area contributed by atoms with E-state index < -0.39 is 27.4 Å². The number of hydrogen-bond donors (Lipinski definition) is 1. The Bertz CT molecular complexity index is 1640. The molecule has 0 unspecified atom stereocenters. The number of hydrogen-bond acceptors (Lipinski definition) is 7. The van der Waals surface area contributed by atoms with E-state index in [2.05, 4.69) is 10.5 Å². The maximum Gasteiger partial charge on any atom is 0.269 e. The molecule has 0 atom stereocenters. The number of furan rings is 1. The second-order valence-electron chi connectivity index (χ2n) is 8.91. The molecular weight excluding hydrogens is 520 g/mol. The van der Waals surface area contributed by atoms with Crippen LogP contribution in [0.25, 0.3) is 11.3 Å². The van der Waals surface area contributed by atoms with Gasteiger partial charge in [-0.3, -0.25) is 19.2 Å². The Morgan fingerprint density at radius 2 is 1.64 bits per heavy atom. The first-order valence-corrected chi connectivity index (χ1v) is 13.3. The summed E-state index contributed by atoms with van der Waals surface area (Å²) in [7, 11) is -4.06. The molecule has 1 N–H and O–H groups in total. The molecule has 200 valence electrons. The number of benzene rings is 3. The third-order valence-corrected chi connectivity index (χ3v) is 7.67. The molecule has 0 aliphatic rings. The van der Waals surface area contributed by atoms with Crippen LogP contribution in [0.2, 0.25) is 0 Å². The number of nitro groups is 1. The molecule has 4 rings (SSSR count). The number of nitro benzene ring substituents is 1.